The lowest BCUT2D eigenvalue weighted by Gasteiger charge is -2.33. The predicted octanol–water partition coefficient (Wildman–Crippen LogP) is 1.86. The zero-order valence-corrected chi connectivity index (χ0v) is 14.0. The molecule has 7 heteroatoms. The summed E-state index contributed by atoms with van der Waals surface area (Å²) in [4.78, 5) is 18.6. The first kappa shape index (κ1) is 14.7. The van der Waals surface area contributed by atoms with Crippen LogP contribution in [0.25, 0.3) is 16.9 Å². The van der Waals surface area contributed by atoms with Gasteiger partial charge in [-0.05, 0) is 18.6 Å². The Kier molecular flexibility index (Phi) is 3.52. The van der Waals surface area contributed by atoms with Crippen molar-refractivity contribution in [1.82, 2.24) is 19.5 Å². The lowest BCUT2D eigenvalue weighted by molar-refractivity contribution is 0.122. The fraction of sp³-hybridized carbons (Fsp3) is 0.389. The molecule has 7 nitrogen and oxygen atoms in total. The molecule has 0 bridgehead atoms. The summed E-state index contributed by atoms with van der Waals surface area (Å²) in [7, 11) is 0. The maximum absolute atomic E-state index is 5.48. The van der Waals surface area contributed by atoms with Crippen molar-refractivity contribution in [2.75, 3.05) is 49.2 Å². The van der Waals surface area contributed by atoms with Gasteiger partial charge >= 0.3 is 0 Å². The van der Waals surface area contributed by atoms with E-state index in [9.17, 15) is 0 Å². The summed E-state index contributed by atoms with van der Waals surface area (Å²) in [6.07, 6.45) is 3.05. The van der Waals surface area contributed by atoms with Crippen LogP contribution in [0.4, 0.5) is 11.8 Å². The van der Waals surface area contributed by atoms with Gasteiger partial charge in [-0.2, -0.15) is 9.97 Å². The van der Waals surface area contributed by atoms with Gasteiger partial charge in [-0.1, -0.05) is 12.1 Å². The lowest BCUT2D eigenvalue weighted by atomic mass is 10.2. The summed E-state index contributed by atoms with van der Waals surface area (Å²) >= 11 is 0. The Morgan fingerprint density at radius 3 is 2.48 bits per heavy atom. The number of ether oxygens (including phenoxy) is 1. The van der Waals surface area contributed by atoms with Gasteiger partial charge in [0.2, 0.25) is 5.95 Å². The first-order valence-electron chi connectivity index (χ1n) is 8.78. The molecule has 5 rings (SSSR count). The SMILES string of the molecule is c1ccc2c(c1)ncn2-c1cc(N2CCOCC2)nc(N2CCC2)n1. The molecule has 2 fully saturated rings. The molecule has 0 atom stereocenters. The lowest BCUT2D eigenvalue weighted by Crippen LogP contribution is -2.40. The van der Waals surface area contributed by atoms with E-state index in [0.29, 0.717) is 0 Å². The number of imidazole rings is 1. The zero-order valence-electron chi connectivity index (χ0n) is 14.0. The van der Waals surface area contributed by atoms with Gasteiger partial charge in [-0.3, -0.25) is 4.57 Å². The minimum absolute atomic E-state index is 0.742. The number of para-hydroxylation sites is 2. The highest BCUT2D eigenvalue weighted by molar-refractivity contribution is 5.77. The van der Waals surface area contributed by atoms with Crippen LogP contribution in [0.2, 0.25) is 0 Å². The predicted molar refractivity (Wildman–Crippen MR) is 96.5 cm³/mol. The van der Waals surface area contributed by atoms with Crippen LogP contribution in [-0.4, -0.2) is 58.9 Å². The number of hydrogen-bond donors (Lipinski definition) is 0. The highest BCUT2D eigenvalue weighted by atomic mass is 16.5. The molecule has 0 unspecified atom stereocenters. The quantitative estimate of drug-likeness (QED) is 0.728. The van der Waals surface area contributed by atoms with E-state index in [2.05, 4.69) is 26.9 Å². The number of rotatable bonds is 3. The summed E-state index contributed by atoms with van der Waals surface area (Å²) in [6, 6.07) is 10.2. The third-order valence-electron chi connectivity index (χ3n) is 4.86. The number of fused-ring (bicyclic) bond motifs is 1. The Morgan fingerprint density at radius 2 is 1.68 bits per heavy atom. The smallest absolute Gasteiger partial charge is 0.229 e. The molecule has 25 heavy (non-hydrogen) atoms. The van der Waals surface area contributed by atoms with Crippen LogP contribution in [-0.2, 0) is 4.74 Å². The van der Waals surface area contributed by atoms with Crippen molar-refractivity contribution in [2.24, 2.45) is 0 Å². The first-order chi connectivity index (χ1) is 12.4. The van der Waals surface area contributed by atoms with E-state index >= 15 is 0 Å². The molecule has 3 aromatic rings. The molecule has 2 saturated heterocycles. The Hall–Kier alpha value is -2.67. The van der Waals surface area contributed by atoms with Crippen LogP contribution in [0.5, 0.6) is 0 Å². The van der Waals surface area contributed by atoms with Crippen molar-refractivity contribution < 1.29 is 4.74 Å². The van der Waals surface area contributed by atoms with E-state index in [1.54, 1.807) is 0 Å². The van der Waals surface area contributed by atoms with Crippen LogP contribution < -0.4 is 9.80 Å². The summed E-state index contributed by atoms with van der Waals surface area (Å²) < 4.78 is 7.53. The van der Waals surface area contributed by atoms with E-state index in [4.69, 9.17) is 14.7 Å². The summed E-state index contributed by atoms with van der Waals surface area (Å²) in [6.45, 7) is 5.26. The molecule has 4 heterocycles. The number of hydrogen-bond acceptors (Lipinski definition) is 6. The van der Waals surface area contributed by atoms with E-state index in [1.807, 2.05) is 29.1 Å². The summed E-state index contributed by atoms with van der Waals surface area (Å²) in [5.74, 6) is 2.64. The van der Waals surface area contributed by atoms with Gasteiger partial charge in [-0.15, -0.1) is 0 Å². The second-order valence-corrected chi connectivity index (χ2v) is 6.43. The van der Waals surface area contributed by atoms with Gasteiger partial charge in [0.05, 0.1) is 24.2 Å². The topological polar surface area (TPSA) is 59.3 Å². The molecule has 0 spiro atoms. The third kappa shape index (κ3) is 2.60. The maximum atomic E-state index is 5.48. The maximum Gasteiger partial charge on any atom is 0.229 e. The fourth-order valence-electron chi connectivity index (χ4n) is 3.29. The minimum atomic E-state index is 0.742. The van der Waals surface area contributed by atoms with Crippen molar-refractivity contribution in [3.8, 4) is 5.82 Å². The first-order valence-corrected chi connectivity index (χ1v) is 8.78. The summed E-state index contributed by atoms with van der Waals surface area (Å²) in [5.41, 5.74) is 2.03. The molecule has 0 amide bonds. The van der Waals surface area contributed by atoms with Gasteiger partial charge < -0.3 is 14.5 Å². The van der Waals surface area contributed by atoms with Crippen molar-refractivity contribution in [2.45, 2.75) is 6.42 Å². The van der Waals surface area contributed by atoms with E-state index in [0.717, 1.165) is 68.0 Å². The van der Waals surface area contributed by atoms with Crippen molar-refractivity contribution in [3.05, 3.63) is 36.7 Å². The number of nitrogens with zero attached hydrogens (tertiary/aromatic N) is 6. The molecule has 1 aromatic carbocycles. The van der Waals surface area contributed by atoms with Crippen LogP contribution in [0, 0.1) is 0 Å². The number of aromatic nitrogens is 4. The Morgan fingerprint density at radius 1 is 0.880 bits per heavy atom. The second-order valence-electron chi connectivity index (χ2n) is 6.43. The van der Waals surface area contributed by atoms with Gasteiger partial charge in [0.25, 0.3) is 0 Å². The molecule has 2 aromatic heterocycles. The van der Waals surface area contributed by atoms with E-state index < -0.39 is 0 Å². The van der Waals surface area contributed by atoms with Crippen LogP contribution in [0.15, 0.2) is 36.7 Å². The monoisotopic (exact) mass is 336 g/mol. The summed E-state index contributed by atoms with van der Waals surface area (Å²) in [5, 5.41) is 0. The van der Waals surface area contributed by atoms with Crippen molar-refractivity contribution in [3.63, 3.8) is 0 Å². The number of morpholine rings is 1. The fourth-order valence-corrected chi connectivity index (χ4v) is 3.29. The molecular formula is C18H20N6O. The normalized spacial score (nSPS) is 17.8. The molecule has 2 aliphatic heterocycles. The van der Waals surface area contributed by atoms with E-state index in [-0.39, 0.29) is 0 Å². The highest BCUT2D eigenvalue weighted by Crippen LogP contribution is 2.25. The molecule has 0 aliphatic carbocycles. The molecule has 0 saturated carbocycles. The van der Waals surface area contributed by atoms with Crippen molar-refractivity contribution in [1.29, 1.82) is 0 Å². The van der Waals surface area contributed by atoms with Crippen LogP contribution in [0.3, 0.4) is 0 Å². The van der Waals surface area contributed by atoms with Gasteiger partial charge in [0.15, 0.2) is 0 Å². The molecule has 0 radical (unpaired) electrons. The Labute approximate surface area is 145 Å². The van der Waals surface area contributed by atoms with Gasteiger partial charge in [0, 0.05) is 32.2 Å². The standard InChI is InChI=1S/C18H20N6O/c1-2-5-15-14(4-1)19-13-24(15)17-12-16(22-8-10-25-11-9-22)20-18(21-17)23-6-3-7-23/h1-2,4-5,12-13H,3,6-11H2. The average molecular weight is 336 g/mol. The van der Waals surface area contributed by atoms with Gasteiger partial charge in [0.1, 0.15) is 18.0 Å². The average Bonchev–Trinajstić information content (AvgIpc) is 3.05. The number of benzene rings is 1. The van der Waals surface area contributed by atoms with Crippen LogP contribution in [0.1, 0.15) is 6.42 Å². The molecular weight excluding hydrogens is 316 g/mol. The van der Waals surface area contributed by atoms with Gasteiger partial charge in [-0.25, -0.2) is 4.98 Å². The molecule has 128 valence electrons. The number of anilines is 2. The highest BCUT2D eigenvalue weighted by Gasteiger charge is 2.22. The molecule has 2 aliphatic rings. The van der Waals surface area contributed by atoms with Crippen molar-refractivity contribution >= 4 is 22.8 Å². The Bertz CT molecular complexity index is 897. The van der Waals surface area contributed by atoms with E-state index in [1.165, 1.54) is 6.42 Å². The largest absolute Gasteiger partial charge is 0.378 e. The second kappa shape index (κ2) is 6.00. The van der Waals surface area contributed by atoms with Crippen LogP contribution >= 0.6 is 0 Å². The zero-order chi connectivity index (χ0) is 16.6. The third-order valence-corrected chi connectivity index (χ3v) is 4.86. The molecule has 0 N–H and O–H groups in total. The minimum Gasteiger partial charge on any atom is -0.378 e. The Balaban J connectivity index is 1.62.